The van der Waals surface area contributed by atoms with Gasteiger partial charge in [0.15, 0.2) is 0 Å². The second kappa shape index (κ2) is 20.3. The zero-order valence-electron chi connectivity index (χ0n) is 34.2. The third-order valence-corrected chi connectivity index (χ3v) is 11.1. The molecule has 4 fully saturated rings. The van der Waals surface area contributed by atoms with E-state index in [4.69, 9.17) is 10.6 Å². The van der Waals surface area contributed by atoms with Gasteiger partial charge in [0, 0.05) is 32.4 Å². The van der Waals surface area contributed by atoms with E-state index in [2.05, 4.69) is 77.5 Å². The molecule has 4 aliphatic heterocycles. The van der Waals surface area contributed by atoms with E-state index in [9.17, 15) is 34.0 Å². The number of nitrogens with zero attached hydrogens (tertiary/aromatic N) is 4. The summed E-state index contributed by atoms with van der Waals surface area (Å²) < 4.78 is 84.5. The van der Waals surface area contributed by atoms with E-state index in [0.717, 1.165) is 62.0 Å². The van der Waals surface area contributed by atoms with Crippen LogP contribution in [0.1, 0.15) is 107 Å². The van der Waals surface area contributed by atoms with E-state index in [1.54, 1.807) is 12.2 Å². The van der Waals surface area contributed by atoms with Gasteiger partial charge in [0.05, 0.1) is 0 Å². The van der Waals surface area contributed by atoms with Crippen LogP contribution in [0, 0.1) is 46.8 Å². The monoisotopic (exact) mass is 998 g/mol. The Hall–Kier alpha value is -1.38. The van der Waals surface area contributed by atoms with E-state index >= 15 is 0 Å². The predicted molar refractivity (Wildman–Crippen MR) is 213 cm³/mol. The van der Waals surface area contributed by atoms with Gasteiger partial charge in [0.1, 0.15) is 0 Å². The Labute approximate surface area is 345 Å². The van der Waals surface area contributed by atoms with Crippen molar-refractivity contribution in [3.05, 3.63) is 92.7 Å². The number of hydrogen-bond acceptors (Lipinski definition) is 0. The number of allylic oxidation sites excluding steroid dienone is 2. The largest absolute Gasteiger partial charge is 0 e. The zero-order valence-corrected chi connectivity index (χ0v) is 37.5. The standard InChI is InChI=1S/C18H34N2.2C12H14FN.F6P.Ir/c1-17(2,3)13-7-9-19-15(11-13)16-12-14(8-10-20-16)18(4,5)6;2*1-9-2-7-12(14-8-9)10-3-5-11(13)6-4-10;1-7(2,3,4,5)6;/h13-16H,7-12H2,1-6H3;2*3,5-6,9,12H,2,7-8H2,1H3;;/q3*-2;-1;. The topological polar surface area (TPSA) is 56.4 Å². The molecule has 0 N–H and O–H groups in total. The fraction of sp³-hybridized carbons (Fsp3) is 0.714. The van der Waals surface area contributed by atoms with Gasteiger partial charge in [-0.2, -0.15) is 24.2 Å². The summed E-state index contributed by atoms with van der Waals surface area (Å²) in [5, 5.41) is 19.0. The first kappa shape index (κ1) is 50.8. The Morgan fingerprint density at radius 3 is 1.18 bits per heavy atom. The van der Waals surface area contributed by atoms with E-state index in [1.165, 1.54) is 62.8 Å². The number of piperidine rings is 4. The molecule has 327 valence electrons. The van der Waals surface area contributed by atoms with Crippen LogP contribution in [0.3, 0.4) is 0 Å². The van der Waals surface area contributed by atoms with E-state index in [1.807, 2.05) is 0 Å². The molecular weight excluding hydrogens is 936 g/mol. The van der Waals surface area contributed by atoms with Crippen LogP contribution in [0.15, 0.2) is 59.1 Å². The zero-order chi connectivity index (χ0) is 41.3. The minimum absolute atomic E-state index is 0. The van der Waals surface area contributed by atoms with Crippen molar-refractivity contribution in [3.63, 3.8) is 0 Å². The molecule has 4 saturated heterocycles. The fourth-order valence-electron chi connectivity index (χ4n) is 7.51. The average Bonchev–Trinajstić information content (AvgIpc) is 3.08. The van der Waals surface area contributed by atoms with Crippen molar-refractivity contribution in [1.29, 1.82) is 0 Å². The van der Waals surface area contributed by atoms with E-state index in [0.29, 0.717) is 34.7 Å². The second-order valence-corrected chi connectivity index (χ2v) is 20.0. The van der Waals surface area contributed by atoms with E-state index in [-0.39, 0.29) is 44.5 Å². The Balaban J connectivity index is 0.000000270. The summed E-state index contributed by atoms with van der Waals surface area (Å²) in [7, 11) is -10.7. The van der Waals surface area contributed by atoms with Gasteiger partial charge in [0.25, 0.3) is 0 Å². The van der Waals surface area contributed by atoms with Gasteiger partial charge in [-0.25, -0.2) is 0 Å². The Bertz CT molecular complexity index is 1320. The third-order valence-electron chi connectivity index (χ3n) is 11.1. The van der Waals surface area contributed by atoms with Gasteiger partial charge in [-0.15, -0.1) is 73.7 Å². The molecule has 0 spiro atoms. The van der Waals surface area contributed by atoms with Crippen LogP contribution in [0.4, 0.5) is 34.0 Å². The molecule has 6 rings (SSSR count). The molecule has 2 aliphatic carbocycles. The maximum absolute atomic E-state index is 12.7. The summed E-state index contributed by atoms with van der Waals surface area (Å²) in [6, 6.07) is 1.48. The molecule has 6 aliphatic rings. The average molecular weight is 998 g/mol. The molecule has 56 heavy (non-hydrogen) atoms. The van der Waals surface area contributed by atoms with Gasteiger partial charge < -0.3 is 21.3 Å². The van der Waals surface area contributed by atoms with Crippen LogP contribution in [-0.4, -0.2) is 50.3 Å². The fourth-order valence-corrected chi connectivity index (χ4v) is 7.51. The molecule has 0 saturated carbocycles. The summed E-state index contributed by atoms with van der Waals surface area (Å²) in [5.41, 5.74) is 8.80. The van der Waals surface area contributed by atoms with Gasteiger partial charge in [-0.05, 0) is 22.7 Å². The minimum Gasteiger partial charge on any atom is 0 e. The van der Waals surface area contributed by atoms with Crippen LogP contribution in [-0.2, 0) is 20.1 Å². The maximum atomic E-state index is 12.7. The van der Waals surface area contributed by atoms with Gasteiger partial charge in [-0.1, -0.05) is 119 Å². The SMILES string of the molecule is CC(C)(C)C1CC[N-]C(C2CC(C(C)(C)C)CC[N-]2)C1.CC1CCC(C2=C=C[C-](F)C=C2)[N-]C1.CC1CCC(C2=C=C[C-](F)C=C2)[N-]C1.F[P-](F)(F)(F)(F)F.[Ir]. The molecule has 4 nitrogen and oxygen atoms in total. The van der Waals surface area contributed by atoms with Crippen molar-refractivity contribution in [1.82, 2.24) is 0 Å². The minimum atomic E-state index is -10.7. The summed E-state index contributed by atoms with van der Waals surface area (Å²) in [4.78, 5) is 0. The molecule has 1 radical (unpaired) electrons. The molecule has 0 amide bonds. The van der Waals surface area contributed by atoms with E-state index < -0.39 is 7.81 Å². The predicted octanol–water partition coefficient (Wildman–Crippen LogP) is 15.4. The summed E-state index contributed by atoms with van der Waals surface area (Å²) in [5.74, 6) is 3.03. The molecule has 0 bridgehead atoms. The van der Waals surface area contributed by atoms with Crippen molar-refractivity contribution in [2.24, 2.45) is 34.5 Å². The van der Waals surface area contributed by atoms with Crippen molar-refractivity contribution < 1.29 is 54.1 Å². The maximum Gasteiger partial charge on any atom is 0 e. The van der Waals surface area contributed by atoms with Crippen LogP contribution in [0.2, 0.25) is 0 Å². The molecule has 0 aromatic carbocycles. The van der Waals surface area contributed by atoms with Crippen molar-refractivity contribution in [2.75, 3.05) is 26.2 Å². The van der Waals surface area contributed by atoms with Gasteiger partial charge in [-0.3, -0.25) is 20.2 Å². The first-order chi connectivity index (χ1) is 25.1. The summed E-state index contributed by atoms with van der Waals surface area (Å²) in [6.07, 6.45) is 18.5. The molecule has 0 aromatic rings. The Kier molecular flexibility index (Phi) is 18.4. The van der Waals surface area contributed by atoms with Crippen LogP contribution >= 0.6 is 7.81 Å². The number of rotatable bonds is 3. The Morgan fingerprint density at radius 2 is 0.929 bits per heavy atom. The molecule has 4 heterocycles. The molecular formula is C42H62F8IrN4P-7. The molecule has 8 unspecified atom stereocenters. The van der Waals surface area contributed by atoms with Gasteiger partial charge >= 0.3 is 33.0 Å². The first-order valence-corrected chi connectivity index (χ1v) is 21.7. The number of halogens is 8. The van der Waals surface area contributed by atoms with Crippen molar-refractivity contribution >= 4 is 7.81 Å². The third kappa shape index (κ3) is 20.5. The normalized spacial score (nSPS) is 32.0. The van der Waals surface area contributed by atoms with Crippen molar-refractivity contribution in [2.45, 2.75) is 131 Å². The first-order valence-electron chi connectivity index (χ1n) is 19.7. The summed E-state index contributed by atoms with van der Waals surface area (Å²) in [6.45, 7) is 22.7. The van der Waals surface area contributed by atoms with Crippen molar-refractivity contribution in [3.8, 4) is 0 Å². The van der Waals surface area contributed by atoms with Crippen LogP contribution in [0.25, 0.3) is 21.3 Å². The summed E-state index contributed by atoms with van der Waals surface area (Å²) >= 11 is 0. The second-order valence-electron chi connectivity index (χ2n) is 18.1. The Morgan fingerprint density at radius 1 is 0.589 bits per heavy atom. The molecule has 0 aromatic heterocycles. The smallest absolute Gasteiger partial charge is 0 e. The van der Waals surface area contributed by atoms with Gasteiger partial charge in [0.2, 0.25) is 0 Å². The number of hydrogen-bond donors (Lipinski definition) is 0. The quantitative estimate of drug-likeness (QED) is 0.117. The van der Waals surface area contributed by atoms with Crippen LogP contribution < -0.4 is 0 Å². The molecule has 8 atom stereocenters. The molecule has 14 heteroatoms. The van der Waals surface area contributed by atoms with Crippen LogP contribution in [0.5, 0.6) is 0 Å².